The topological polar surface area (TPSA) is 80.3 Å². The number of rotatable bonds is 3. The number of halogens is 1. The summed E-state index contributed by atoms with van der Waals surface area (Å²) in [5, 5.41) is 2.76. The second kappa shape index (κ2) is 6.93. The fourth-order valence-corrected chi connectivity index (χ4v) is 5.02. The molecule has 0 saturated heterocycles. The number of ketones is 1. The summed E-state index contributed by atoms with van der Waals surface area (Å²) in [6, 6.07) is 15.3. The lowest BCUT2D eigenvalue weighted by Gasteiger charge is -2.20. The lowest BCUT2D eigenvalue weighted by atomic mass is 10.0. The summed E-state index contributed by atoms with van der Waals surface area (Å²) in [5.41, 5.74) is 0.997. The van der Waals surface area contributed by atoms with Crippen LogP contribution in [0, 0.1) is 5.82 Å². The van der Waals surface area contributed by atoms with E-state index in [0.29, 0.717) is 5.56 Å². The number of amides is 1. The van der Waals surface area contributed by atoms with Gasteiger partial charge in [-0.1, -0.05) is 24.3 Å². The highest BCUT2D eigenvalue weighted by atomic mass is 32.2. The minimum atomic E-state index is -3.92. The molecule has 7 heteroatoms. The Bertz CT molecular complexity index is 1250. The molecule has 1 N–H and O–H groups in total. The van der Waals surface area contributed by atoms with E-state index >= 15 is 0 Å². The van der Waals surface area contributed by atoms with E-state index in [2.05, 4.69) is 5.32 Å². The number of hydrogen-bond donors (Lipinski definition) is 1. The Labute approximate surface area is 167 Å². The molecule has 0 unspecified atom stereocenters. The summed E-state index contributed by atoms with van der Waals surface area (Å²) in [6.07, 6.45) is 0. The van der Waals surface area contributed by atoms with Crippen LogP contribution in [0.15, 0.2) is 76.5 Å². The van der Waals surface area contributed by atoms with Crippen molar-refractivity contribution in [2.24, 2.45) is 0 Å². The molecule has 1 aliphatic rings. The molecule has 1 atom stereocenters. The van der Waals surface area contributed by atoms with E-state index in [1.54, 1.807) is 31.2 Å². The van der Waals surface area contributed by atoms with E-state index in [-0.39, 0.29) is 32.3 Å². The first kappa shape index (κ1) is 19.0. The van der Waals surface area contributed by atoms with Gasteiger partial charge in [0.15, 0.2) is 5.78 Å². The summed E-state index contributed by atoms with van der Waals surface area (Å²) in [7, 11) is -3.92. The molecule has 0 aliphatic carbocycles. The average Bonchev–Trinajstić information content (AvgIpc) is 2.72. The standard InChI is InChI=1S/C22H16FNO4S/c1-13(14-6-9-16(23)10-7-14)24-22(26)15-8-11-18-20(12-15)29(27,28)19-5-3-2-4-17(19)21(18)25/h2-13H,1H3,(H,24,26)/t13-/m1/s1. The number of hydrogen-bond acceptors (Lipinski definition) is 4. The highest BCUT2D eigenvalue weighted by molar-refractivity contribution is 7.91. The number of benzene rings is 3. The first-order valence-electron chi connectivity index (χ1n) is 8.88. The molecule has 0 spiro atoms. The van der Waals surface area contributed by atoms with Crippen molar-refractivity contribution in [2.75, 3.05) is 0 Å². The molecular formula is C22H16FNO4S. The third-order valence-corrected chi connectivity index (χ3v) is 6.77. The zero-order chi connectivity index (χ0) is 20.8. The largest absolute Gasteiger partial charge is 0.346 e. The Balaban J connectivity index is 1.68. The molecule has 0 aromatic heterocycles. The second-order valence-electron chi connectivity index (χ2n) is 6.79. The van der Waals surface area contributed by atoms with Crippen molar-refractivity contribution < 1.29 is 22.4 Å². The third-order valence-electron chi connectivity index (χ3n) is 4.92. The lowest BCUT2D eigenvalue weighted by molar-refractivity contribution is 0.0938. The van der Waals surface area contributed by atoms with Crippen LogP contribution >= 0.6 is 0 Å². The van der Waals surface area contributed by atoms with Crippen LogP contribution in [-0.4, -0.2) is 20.1 Å². The minimum Gasteiger partial charge on any atom is -0.346 e. The number of nitrogens with one attached hydrogen (secondary N) is 1. The van der Waals surface area contributed by atoms with E-state index in [9.17, 15) is 22.4 Å². The average molecular weight is 409 g/mol. The van der Waals surface area contributed by atoms with Gasteiger partial charge in [0.25, 0.3) is 5.91 Å². The summed E-state index contributed by atoms with van der Waals surface area (Å²) in [6.45, 7) is 1.74. The molecule has 0 saturated carbocycles. The zero-order valence-corrected chi connectivity index (χ0v) is 16.2. The van der Waals surface area contributed by atoms with Gasteiger partial charge < -0.3 is 5.32 Å². The lowest BCUT2D eigenvalue weighted by Crippen LogP contribution is -2.27. The molecule has 1 aliphatic heterocycles. The molecule has 5 nitrogen and oxygen atoms in total. The normalized spacial score (nSPS) is 15.2. The maximum Gasteiger partial charge on any atom is 0.251 e. The van der Waals surface area contributed by atoms with E-state index in [1.807, 2.05) is 0 Å². The third kappa shape index (κ3) is 3.23. The van der Waals surface area contributed by atoms with Gasteiger partial charge in [-0.2, -0.15) is 0 Å². The van der Waals surface area contributed by atoms with Crippen LogP contribution in [-0.2, 0) is 9.84 Å². The molecule has 29 heavy (non-hydrogen) atoms. The molecule has 1 amide bonds. The molecule has 146 valence electrons. The molecule has 3 aromatic carbocycles. The summed E-state index contributed by atoms with van der Waals surface area (Å²) >= 11 is 0. The molecule has 0 fully saturated rings. The van der Waals surface area contributed by atoms with E-state index < -0.39 is 27.6 Å². The first-order valence-corrected chi connectivity index (χ1v) is 10.4. The van der Waals surface area contributed by atoms with E-state index in [0.717, 1.165) is 0 Å². The Kier molecular flexibility index (Phi) is 4.55. The van der Waals surface area contributed by atoms with Crippen LogP contribution in [0.25, 0.3) is 0 Å². The van der Waals surface area contributed by atoms with Crippen molar-refractivity contribution in [3.63, 3.8) is 0 Å². The van der Waals surface area contributed by atoms with Gasteiger partial charge in [-0.25, -0.2) is 12.8 Å². The van der Waals surface area contributed by atoms with E-state index in [1.165, 1.54) is 42.5 Å². The Morgan fingerprint density at radius 3 is 2.31 bits per heavy atom. The summed E-state index contributed by atoms with van der Waals surface area (Å²) in [5.74, 6) is -1.26. The molecule has 0 radical (unpaired) electrons. The van der Waals surface area contributed by atoms with Gasteiger partial charge in [-0.15, -0.1) is 0 Å². The van der Waals surface area contributed by atoms with Crippen LogP contribution < -0.4 is 5.32 Å². The molecule has 4 rings (SSSR count). The molecule has 0 bridgehead atoms. The van der Waals surface area contributed by atoms with Crippen LogP contribution in [0.1, 0.15) is 44.8 Å². The molecule has 1 heterocycles. The summed E-state index contributed by atoms with van der Waals surface area (Å²) < 4.78 is 39.0. The minimum absolute atomic E-state index is 0.0480. The monoisotopic (exact) mass is 409 g/mol. The van der Waals surface area contributed by atoms with Crippen molar-refractivity contribution in [1.82, 2.24) is 5.32 Å². The van der Waals surface area contributed by atoms with Crippen molar-refractivity contribution in [3.8, 4) is 0 Å². The molecule has 3 aromatic rings. The quantitative estimate of drug-likeness (QED) is 0.560. The summed E-state index contributed by atoms with van der Waals surface area (Å²) in [4.78, 5) is 25.1. The Morgan fingerprint density at radius 1 is 0.931 bits per heavy atom. The van der Waals surface area contributed by atoms with Crippen molar-refractivity contribution in [2.45, 2.75) is 22.8 Å². The highest BCUT2D eigenvalue weighted by Crippen LogP contribution is 2.34. The first-order chi connectivity index (χ1) is 13.8. The fourth-order valence-electron chi connectivity index (χ4n) is 3.34. The van der Waals surface area contributed by atoms with Crippen LogP contribution in [0.2, 0.25) is 0 Å². The smallest absolute Gasteiger partial charge is 0.251 e. The Morgan fingerprint density at radius 2 is 1.59 bits per heavy atom. The van der Waals surface area contributed by atoms with Crippen LogP contribution in [0.5, 0.6) is 0 Å². The SMILES string of the molecule is C[C@@H](NC(=O)c1ccc2c(c1)S(=O)(=O)c1ccccc1C2=O)c1ccc(F)cc1. The van der Waals surface area contributed by atoms with Gasteiger partial charge in [0.05, 0.1) is 15.8 Å². The van der Waals surface area contributed by atoms with Gasteiger partial charge in [-0.3, -0.25) is 9.59 Å². The number of sulfone groups is 1. The maximum atomic E-state index is 13.1. The number of carbonyl (C=O) groups is 2. The van der Waals surface area contributed by atoms with Gasteiger partial charge in [0.1, 0.15) is 5.82 Å². The van der Waals surface area contributed by atoms with Gasteiger partial charge >= 0.3 is 0 Å². The van der Waals surface area contributed by atoms with Crippen molar-refractivity contribution in [1.29, 1.82) is 0 Å². The van der Waals surface area contributed by atoms with Gasteiger partial charge in [0, 0.05) is 16.7 Å². The van der Waals surface area contributed by atoms with Crippen molar-refractivity contribution >= 4 is 21.5 Å². The zero-order valence-electron chi connectivity index (χ0n) is 15.3. The van der Waals surface area contributed by atoms with Crippen molar-refractivity contribution in [3.05, 3.63) is 94.8 Å². The van der Waals surface area contributed by atoms with E-state index in [4.69, 9.17) is 0 Å². The predicted octanol–water partition coefficient (Wildman–Crippen LogP) is 3.69. The molecular weight excluding hydrogens is 393 g/mol. The van der Waals surface area contributed by atoms with Crippen LogP contribution in [0.4, 0.5) is 4.39 Å². The Hall–Kier alpha value is -3.32. The number of carbonyl (C=O) groups excluding carboxylic acids is 2. The highest BCUT2D eigenvalue weighted by Gasteiger charge is 2.35. The fraction of sp³-hybridized carbons (Fsp3) is 0.0909. The predicted molar refractivity (Wildman–Crippen MR) is 104 cm³/mol. The van der Waals surface area contributed by atoms with Gasteiger partial charge in [0.2, 0.25) is 9.84 Å². The van der Waals surface area contributed by atoms with Gasteiger partial charge in [-0.05, 0) is 55.0 Å². The van der Waals surface area contributed by atoms with Crippen LogP contribution in [0.3, 0.4) is 0 Å². The second-order valence-corrected chi connectivity index (χ2v) is 8.67. The maximum absolute atomic E-state index is 13.1. The number of fused-ring (bicyclic) bond motifs is 2.